The Bertz CT molecular complexity index is 1190. The van der Waals surface area contributed by atoms with Crippen molar-refractivity contribution in [1.82, 2.24) is 29.0 Å². The summed E-state index contributed by atoms with van der Waals surface area (Å²) >= 11 is 7.51. The van der Waals surface area contributed by atoms with Crippen molar-refractivity contribution in [3.05, 3.63) is 51.5 Å². The Morgan fingerprint density at radius 1 is 1.21 bits per heavy atom. The van der Waals surface area contributed by atoms with Gasteiger partial charge in [-0.15, -0.1) is 16.4 Å². The Hall–Kier alpha value is -2.16. The molecule has 5 rings (SSSR count). The van der Waals surface area contributed by atoms with Crippen molar-refractivity contribution in [3.8, 4) is 0 Å². The maximum atomic E-state index is 5.68. The predicted octanol–water partition coefficient (Wildman–Crippen LogP) is 4.32. The smallest absolute Gasteiger partial charge is 0.254 e. The number of hydrogen-bond donors (Lipinski definition) is 0. The second-order valence-corrected chi connectivity index (χ2v) is 8.96. The zero-order valence-corrected chi connectivity index (χ0v) is 17.6. The van der Waals surface area contributed by atoms with Crippen LogP contribution < -0.4 is 0 Å². The van der Waals surface area contributed by atoms with Gasteiger partial charge in [0.1, 0.15) is 0 Å². The highest BCUT2D eigenvalue weighted by atomic mass is 32.1. The molecule has 1 atom stereocenters. The van der Waals surface area contributed by atoms with E-state index in [1.807, 2.05) is 40.3 Å². The van der Waals surface area contributed by atoms with Gasteiger partial charge >= 0.3 is 0 Å². The molecule has 1 aromatic carbocycles. The largest absolute Gasteiger partial charge is 0.284 e. The van der Waals surface area contributed by atoms with Crippen LogP contribution in [0.1, 0.15) is 35.2 Å². The number of nitrogens with zero attached hydrogens (tertiary/aromatic N) is 6. The van der Waals surface area contributed by atoms with Gasteiger partial charge in [0.2, 0.25) is 4.77 Å². The van der Waals surface area contributed by atoms with Crippen molar-refractivity contribution in [2.75, 3.05) is 13.1 Å². The average molecular weight is 411 g/mol. The molecule has 4 aromatic rings. The van der Waals surface area contributed by atoms with Crippen LogP contribution >= 0.6 is 23.6 Å². The molecule has 8 heteroatoms. The maximum absolute atomic E-state index is 5.68. The van der Waals surface area contributed by atoms with E-state index in [0.717, 1.165) is 36.4 Å². The molecule has 4 heterocycles. The lowest BCUT2D eigenvalue weighted by atomic mass is 9.99. The predicted molar refractivity (Wildman–Crippen MR) is 114 cm³/mol. The lowest BCUT2D eigenvalue weighted by molar-refractivity contribution is 0.156. The zero-order chi connectivity index (χ0) is 19.3. The van der Waals surface area contributed by atoms with Gasteiger partial charge in [0.15, 0.2) is 0 Å². The molecular weight excluding hydrogens is 388 g/mol. The summed E-state index contributed by atoms with van der Waals surface area (Å²) in [4.78, 5) is 11.9. The standard InChI is InChI=1S/C20H22N6S2/c1-13-10-14(2)26-19(21-13)23-25(20(26)27)12-24-9-5-6-15(11-24)18-22-16-7-3-4-8-17(16)28-18/h3-4,7-8,10,15H,5-6,9,11-12H2,1-2H3/t15-/m1/s1. The molecule has 0 radical (unpaired) electrons. The molecule has 28 heavy (non-hydrogen) atoms. The summed E-state index contributed by atoms with van der Waals surface area (Å²) in [5.74, 6) is 1.15. The normalized spacial score (nSPS) is 18.3. The van der Waals surface area contributed by atoms with Gasteiger partial charge in [-0.2, -0.15) is 0 Å². The van der Waals surface area contributed by atoms with Crippen LogP contribution in [-0.4, -0.2) is 42.1 Å². The van der Waals surface area contributed by atoms with E-state index in [9.17, 15) is 0 Å². The number of para-hydroxylation sites is 1. The first-order chi connectivity index (χ1) is 13.6. The van der Waals surface area contributed by atoms with E-state index < -0.39 is 0 Å². The van der Waals surface area contributed by atoms with E-state index in [-0.39, 0.29) is 0 Å². The number of aromatic nitrogens is 5. The Morgan fingerprint density at radius 3 is 2.93 bits per heavy atom. The number of thiazole rings is 1. The number of fused-ring (bicyclic) bond motifs is 2. The molecule has 6 nitrogen and oxygen atoms in total. The van der Waals surface area contributed by atoms with Crippen LogP contribution in [0.15, 0.2) is 30.3 Å². The first-order valence-electron chi connectivity index (χ1n) is 9.60. The first kappa shape index (κ1) is 17.9. The summed E-state index contributed by atoms with van der Waals surface area (Å²) in [5, 5.41) is 5.92. The Balaban J connectivity index is 1.40. The molecule has 0 N–H and O–H groups in total. The van der Waals surface area contributed by atoms with Gasteiger partial charge in [-0.25, -0.2) is 14.6 Å². The fourth-order valence-electron chi connectivity index (χ4n) is 4.07. The van der Waals surface area contributed by atoms with Gasteiger partial charge in [-0.1, -0.05) is 12.1 Å². The minimum absolute atomic E-state index is 0.472. The van der Waals surface area contributed by atoms with Gasteiger partial charge in [0.25, 0.3) is 5.78 Å². The van der Waals surface area contributed by atoms with Crippen LogP contribution in [0.4, 0.5) is 0 Å². The molecule has 0 spiro atoms. The molecule has 1 aliphatic heterocycles. The van der Waals surface area contributed by atoms with Crippen molar-refractivity contribution in [1.29, 1.82) is 0 Å². The summed E-state index contributed by atoms with van der Waals surface area (Å²) in [6.07, 6.45) is 2.35. The number of likely N-dealkylation sites (tertiary alicyclic amines) is 1. The number of piperidine rings is 1. The second kappa shape index (κ2) is 7.02. The van der Waals surface area contributed by atoms with Crippen LogP contribution in [0.5, 0.6) is 0 Å². The van der Waals surface area contributed by atoms with E-state index in [4.69, 9.17) is 17.2 Å². The van der Waals surface area contributed by atoms with Crippen LogP contribution in [0.3, 0.4) is 0 Å². The molecule has 0 saturated carbocycles. The van der Waals surface area contributed by atoms with Gasteiger partial charge in [0, 0.05) is 23.9 Å². The van der Waals surface area contributed by atoms with E-state index in [2.05, 4.69) is 39.2 Å². The van der Waals surface area contributed by atoms with E-state index >= 15 is 0 Å². The lowest BCUT2D eigenvalue weighted by Gasteiger charge is -2.31. The third-order valence-electron chi connectivity index (χ3n) is 5.37. The number of benzene rings is 1. The minimum atomic E-state index is 0.472. The Morgan fingerprint density at radius 2 is 2.07 bits per heavy atom. The zero-order valence-electron chi connectivity index (χ0n) is 16.0. The van der Waals surface area contributed by atoms with Crippen LogP contribution in [0.2, 0.25) is 0 Å². The Labute approximate surface area is 172 Å². The van der Waals surface area contributed by atoms with Gasteiger partial charge in [0.05, 0.1) is 21.9 Å². The quantitative estimate of drug-likeness (QED) is 0.471. The summed E-state index contributed by atoms with van der Waals surface area (Å²) in [5.41, 5.74) is 3.15. The average Bonchev–Trinajstić information content (AvgIpc) is 3.23. The molecule has 144 valence electrons. The summed E-state index contributed by atoms with van der Waals surface area (Å²) in [7, 11) is 0. The SMILES string of the molecule is Cc1cc(C)n2c(=S)n(CN3CCC[C@@H](c4nc5ccccc5s4)C3)nc2n1. The van der Waals surface area contributed by atoms with Gasteiger partial charge < -0.3 is 0 Å². The van der Waals surface area contributed by atoms with E-state index in [1.54, 1.807) is 0 Å². The van der Waals surface area contributed by atoms with Crippen LogP contribution in [0, 0.1) is 18.6 Å². The van der Waals surface area contributed by atoms with Crippen molar-refractivity contribution < 1.29 is 0 Å². The third kappa shape index (κ3) is 3.15. The highest BCUT2D eigenvalue weighted by Crippen LogP contribution is 2.33. The topological polar surface area (TPSA) is 51.2 Å². The molecule has 0 bridgehead atoms. The number of rotatable bonds is 3. The van der Waals surface area contributed by atoms with Crippen LogP contribution in [-0.2, 0) is 6.67 Å². The van der Waals surface area contributed by atoms with Crippen molar-refractivity contribution in [2.24, 2.45) is 0 Å². The summed E-state index contributed by atoms with van der Waals surface area (Å²) < 4.78 is 5.85. The fourth-order valence-corrected chi connectivity index (χ4v) is 5.48. The van der Waals surface area contributed by atoms with Gasteiger partial charge in [-0.05, 0) is 63.7 Å². The maximum Gasteiger partial charge on any atom is 0.254 e. The molecule has 1 aliphatic rings. The van der Waals surface area contributed by atoms with Crippen molar-refractivity contribution >= 4 is 39.5 Å². The highest BCUT2D eigenvalue weighted by Gasteiger charge is 2.25. The number of hydrogen-bond acceptors (Lipinski definition) is 6. The second-order valence-electron chi connectivity index (χ2n) is 7.53. The molecule has 3 aromatic heterocycles. The van der Waals surface area contributed by atoms with E-state index in [0.29, 0.717) is 23.1 Å². The van der Waals surface area contributed by atoms with Gasteiger partial charge in [-0.3, -0.25) is 9.30 Å². The van der Waals surface area contributed by atoms with E-state index in [1.165, 1.54) is 16.1 Å². The molecule has 1 fully saturated rings. The summed E-state index contributed by atoms with van der Waals surface area (Å²) in [6.45, 7) is 6.78. The molecule has 0 amide bonds. The van der Waals surface area contributed by atoms with Crippen molar-refractivity contribution in [2.45, 2.75) is 39.3 Å². The molecule has 0 unspecified atom stereocenters. The lowest BCUT2D eigenvalue weighted by Crippen LogP contribution is -2.36. The summed E-state index contributed by atoms with van der Waals surface area (Å²) in [6, 6.07) is 10.4. The van der Waals surface area contributed by atoms with Crippen LogP contribution in [0.25, 0.3) is 16.0 Å². The monoisotopic (exact) mass is 410 g/mol. The third-order valence-corrected chi connectivity index (χ3v) is 6.96. The molecule has 0 aliphatic carbocycles. The number of aryl methyl sites for hydroxylation is 2. The minimum Gasteiger partial charge on any atom is -0.284 e. The fraction of sp³-hybridized carbons (Fsp3) is 0.400. The molecular formula is C20H22N6S2. The highest BCUT2D eigenvalue weighted by molar-refractivity contribution is 7.71. The van der Waals surface area contributed by atoms with Crippen molar-refractivity contribution in [3.63, 3.8) is 0 Å². The molecule has 1 saturated heterocycles. The Kier molecular flexibility index (Phi) is 4.49. The first-order valence-corrected chi connectivity index (χ1v) is 10.8.